The quantitative estimate of drug-likeness (QED) is 0.818. The predicted molar refractivity (Wildman–Crippen MR) is 69.0 cm³/mol. The summed E-state index contributed by atoms with van der Waals surface area (Å²) < 4.78 is 10.3. The van der Waals surface area contributed by atoms with E-state index in [0.29, 0.717) is 11.3 Å². The van der Waals surface area contributed by atoms with E-state index in [4.69, 9.17) is 14.6 Å². The van der Waals surface area contributed by atoms with Crippen LogP contribution >= 0.6 is 0 Å². The Bertz CT molecular complexity index is 418. The minimum atomic E-state index is -0.874. The number of carboxylic acids is 1. The van der Waals surface area contributed by atoms with Crippen molar-refractivity contribution in [1.29, 1.82) is 0 Å². The summed E-state index contributed by atoms with van der Waals surface area (Å²) in [6.07, 6.45) is -0.0521. The summed E-state index contributed by atoms with van der Waals surface area (Å²) in [5.74, 6) is -0.299. The van der Waals surface area contributed by atoms with Gasteiger partial charge in [0.05, 0.1) is 6.42 Å². The summed E-state index contributed by atoms with van der Waals surface area (Å²) >= 11 is 0. The number of hydrogen-bond donors (Lipinski definition) is 1. The molecule has 0 bridgehead atoms. The van der Waals surface area contributed by atoms with Crippen LogP contribution in [0.1, 0.15) is 31.9 Å². The molecule has 0 aliphatic heterocycles. The lowest BCUT2D eigenvalue weighted by molar-refractivity contribution is -0.136. The van der Waals surface area contributed by atoms with Gasteiger partial charge >= 0.3 is 5.97 Å². The lowest BCUT2D eigenvalue weighted by Crippen LogP contribution is -2.13. The summed E-state index contributed by atoms with van der Waals surface area (Å²) in [6.45, 7) is 6.40. The molecular weight excluding hydrogens is 232 g/mol. The van der Waals surface area contributed by atoms with Gasteiger partial charge in [0.1, 0.15) is 5.75 Å². The minimum absolute atomic E-state index is 0.00701. The number of benzene rings is 1. The number of methoxy groups -OCH3 is 1. The maximum atomic E-state index is 10.8. The Hall–Kier alpha value is -1.55. The molecule has 4 heteroatoms. The Balaban J connectivity index is 3.07. The summed E-state index contributed by atoms with van der Waals surface area (Å²) in [4.78, 5) is 10.8. The largest absolute Gasteiger partial charge is 0.481 e. The maximum absolute atomic E-state index is 10.8. The van der Waals surface area contributed by atoms with Crippen LogP contribution in [0.5, 0.6) is 5.75 Å². The van der Waals surface area contributed by atoms with Gasteiger partial charge < -0.3 is 14.6 Å². The summed E-state index contributed by atoms with van der Waals surface area (Å²) in [5, 5.41) is 8.86. The number of ether oxygens (including phenoxy) is 2. The van der Waals surface area contributed by atoms with Crippen LogP contribution in [0.4, 0.5) is 0 Å². The normalized spacial score (nSPS) is 11.3. The molecular formula is C14H20O4. The maximum Gasteiger partial charge on any atom is 0.307 e. The first-order valence-electron chi connectivity index (χ1n) is 5.81. The molecule has 0 aliphatic carbocycles. The van der Waals surface area contributed by atoms with Crippen LogP contribution in [0.3, 0.4) is 0 Å². The van der Waals surface area contributed by atoms with Gasteiger partial charge in [0.2, 0.25) is 0 Å². The van der Waals surface area contributed by atoms with E-state index in [1.807, 2.05) is 12.1 Å². The number of carboxylic acid groups (broad SMARTS) is 1. The minimum Gasteiger partial charge on any atom is -0.481 e. The Labute approximate surface area is 108 Å². The zero-order valence-corrected chi connectivity index (χ0v) is 11.3. The number of hydrogen-bond acceptors (Lipinski definition) is 3. The van der Waals surface area contributed by atoms with E-state index < -0.39 is 5.97 Å². The standard InChI is InChI=1S/C14H20O4/c1-14(2,3)11-6-5-10(7-13(15)16)12(8-11)18-9-17-4/h5-6,8H,7,9H2,1-4H3,(H,15,16). The number of aliphatic carboxylic acids is 1. The van der Waals surface area contributed by atoms with Gasteiger partial charge in [-0.2, -0.15) is 0 Å². The fraction of sp³-hybridized carbons (Fsp3) is 0.500. The molecule has 0 radical (unpaired) electrons. The second kappa shape index (κ2) is 5.87. The molecule has 4 nitrogen and oxygen atoms in total. The zero-order chi connectivity index (χ0) is 13.8. The topological polar surface area (TPSA) is 55.8 Å². The molecule has 0 spiro atoms. The van der Waals surface area contributed by atoms with Crippen LogP contribution < -0.4 is 4.74 Å². The molecule has 100 valence electrons. The third-order valence-electron chi connectivity index (χ3n) is 2.61. The van der Waals surface area contributed by atoms with Crippen molar-refractivity contribution >= 4 is 5.97 Å². The first-order valence-corrected chi connectivity index (χ1v) is 5.81. The van der Waals surface area contributed by atoms with Gasteiger partial charge in [-0.3, -0.25) is 4.79 Å². The molecule has 18 heavy (non-hydrogen) atoms. The third kappa shape index (κ3) is 4.04. The highest BCUT2D eigenvalue weighted by molar-refractivity contribution is 5.71. The monoisotopic (exact) mass is 252 g/mol. The van der Waals surface area contributed by atoms with Crippen LogP contribution in [-0.2, 0) is 21.4 Å². The molecule has 0 saturated heterocycles. The second-order valence-corrected chi connectivity index (χ2v) is 5.19. The van der Waals surface area contributed by atoms with Gasteiger partial charge in [-0.25, -0.2) is 0 Å². The van der Waals surface area contributed by atoms with Crippen molar-refractivity contribution in [3.8, 4) is 5.75 Å². The highest BCUT2D eigenvalue weighted by Crippen LogP contribution is 2.29. The Kier molecular flexibility index (Phi) is 4.73. The van der Waals surface area contributed by atoms with E-state index >= 15 is 0 Å². The van der Waals surface area contributed by atoms with Crippen LogP contribution in [0, 0.1) is 0 Å². The molecule has 0 fully saturated rings. The molecule has 1 aromatic carbocycles. The first kappa shape index (κ1) is 14.5. The lowest BCUT2D eigenvalue weighted by atomic mass is 9.86. The molecule has 1 aromatic rings. The van der Waals surface area contributed by atoms with Crippen LogP contribution in [0.25, 0.3) is 0 Å². The van der Waals surface area contributed by atoms with E-state index in [9.17, 15) is 4.79 Å². The molecule has 0 aliphatic rings. The predicted octanol–water partition coefficient (Wildman–Crippen LogP) is 2.59. The van der Waals surface area contributed by atoms with E-state index in [0.717, 1.165) is 5.56 Å². The van der Waals surface area contributed by atoms with Gasteiger partial charge in [-0.15, -0.1) is 0 Å². The number of rotatable bonds is 5. The van der Waals surface area contributed by atoms with Crippen molar-refractivity contribution in [2.75, 3.05) is 13.9 Å². The molecule has 0 amide bonds. The third-order valence-corrected chi connectivity index (χ3v) is 2.61. The number of carbonyl (C=O) groups is 1. The van der Waals surface area contributed by atoms with Gasteiger partial charge in [0.25, 0.3) is 0 Å². The van der Waals surface area contributed by atoms with Crippen LogP contribution in [-0.4, -0.2) is 25.0 Å². The highest BCUT2D eigenvalue weighted by Gasteiger charge is 2.17. The molecule has 0 saturated carbocycles. The smallest absolute Gasteiger partial charge is 0.307 e. The van der Waals surface area contributed by atoms with Crippen molar-refractivity contribution in [2.24, 2.45) is 0 Å². The average molecular weight is 252 g/mol. The van der Waals surface area contributed by atoms with E-state index in [2.05, 4.69) is 20.8 Å². The molecule has 1 N–H and O–H groups in total. The van der Waals surface area contributed by atoms with E-state index in [1.165, 1.54) is 7.11 Å². The zero-order valence-electron chi connectivity index (χ0n) is 11.3. The average Bonchev–Trinajstić information content (AvgIpc) is 2.25. The summed E-state index contributed by atoms with van der Waals surface area (Å²) in [7, 11) is 1.53. The molecule has 1 rings (SSSR count). The van der Waals surface area contributed by atoms with Crippen molar-refractivity contribution in [3.05, 3.63) is 29.3 Å². The fourth-order valence-corrected chi connectivity index (χ4v) is 1.59. The van der Waals surface area contributed by atoms with E-state index in [-0.39, 0.29) is 18.6 Å². The van der Waals surface area contributed by atoms with Crippen molar-refractivity contribution < 1.29 is 19.4 Å². The van der Waals surface area contributed by atoms with Crippen LogP contribution in [0.2, 0.25) is 0 Å². The molecule has 0 atom stereocenters. The van der Waals surface area contributed by atoms with Crippen molar-refractivity contribution in [3.63, 3.8) is 0 Å². The van der Waals surface area contributed by atoms with Crippen LogP contribution in [0.15, 0.2) is 18.2 Å². The fourth-order valence-electron chi connectivity index (χ4n) is 1.59. The summed E-state index contributed by atoms with van der Waals surface area (Å²) in [6, 6.07) is 5.63. The highest BCUT2D eigenvalue weighted by atomic mass is 16.7. The van der Waals surface area contributed by atoms with Gasteiger partial charge in [0.15, 0.2) is 6.79 Å². The Morgan fingerprint density at radius 3 is 2.50 bits per heavy atom. The Morgan fingerprint density at radius 1 is 1.33 bits per heavy atom. The summed E-state index contributed by atoms with van der Waals surface area (Å²) in [5.41, 5.74) is 1.75. The van der Waals surface area contributed by atoms with E-state index in [1.54, 1.807) is 6.07 Å². The second-order valence-electron chi connectivity index (χ2n) is 5.19. The lowest BCUT2D eigenvalue weighted by Gasteiger charge is -2.21. The van der Waals surface area contributed by atoms with Gasteiger partial charge in [-0.1, -0.05) is 32.9 Å². The van der Waals surface area contributed by atoms with Crippen molar-refractivity contribution in [2.45, 2.75) is 32.6 Å². The Morgan fingerprint density at radius 2 is 2.00 bits per heavy atom. The van der Waals surface area contributed by atoms with Gasteiger partial charge in [-0.05, 0) is 17.0 Å². The first-order chi connectivity index (χ1) is 8.34. The molecule has 0 aromatic heterocycles. The van der Waals surface area contributed by atoms with Crippen molar-refractivity contribution in [1.82, 2.24) is 0 Å². The van der Waals surface area contributed by atoms with Gasteiger partial charge in [0, 0.05) is 12.7 Å². The molecule has 0 unspecified atom stereocenters. The molecule has 0 heterocycles. The SMILES string of the molecule is COCOc1cc(C(C)(C)C)ccc1CC(=O)O.